The summed E-state index contributed by atoms with van der Waals surface area (Å²) in [7, 11) is 0. The monoisotopic (exact) mass is 319 g/mol. The number of aryl methyl sites for hydroxylation is 1. The summed E-state index contributed by atoms with van der Waals surface area (Å²) in [5, 5.41) is 8.64. The predicted molar refractivity (Wildman–Crippen MR) is 90.3 cm³/mol. The molecule has 0 atom stereocenters. The molecule has 2 heterocycles. The lowest BCUT2D eigenvalue weighted by Crippen LogP contribution is -2.11. The summed E-state index contributed by atoms with van der Waals surface area (Å²) in [5.74, 6) is 0. The van der Waals surface area contributed by atoms with Crippen molar-refractivity contribution in [3.63, 3.8) is 0 Å². The Balaban J connectivity index is 2.01. The molecule has 0 saturated carbocycles. The topological polar surface area (TPSA) is 29.9 Å². The van der Waals surface area contributed by atoms with Crippen LogP contribution in [0.25, 0.3) is 10.9 Å². The number of fused-ring (bicyclic) bond motifs is 1. The molecule has 21 heavy (non-hydrogen) atoms. The third-order valence-corrected chi connectivity index (χ3v) is 4.65. The summed E-state index contributed by atoms with van der Waals surface area (Å²) in [6.07, 6.45) is 2.21. The molecule has 3 rings (SSSR count). The SMILES string of the molecule is CCNCc1cn(Cc2nc(C)cs2)c2cc(Cl)ccc12. The summed E-state index contributed by atoms with van der Waals surface area (Å²) >= 11 is 7.87. The Morgan fingerprint density at radius 3 is 2.95 bits per heavy atom. The highest BCUT2D eigenvalue weighted by Crippen LogP contribution is 2.26. The minimum Gasteiger partial charge on any atom is -0.340 e. The van der Waals surface area contributed by atoms with Gasteiger partial charge in [0, 0.05) is 34.2 Å². The van der Waals surface area contributed by atoms with Gasteiger partial charge in [0.05, 0.1) is 12.1 Å². The van der Waals surface area contributed by atoms with Crippen molar-refractivity contribution in [2.75, 3.05) is 6.54 Å². The summed E-state index contributed by atoms with van der Waals surface area (Å²) < 4.78 is 2.24. The van der Waals surface area contributed by atoms with Crippen LogP contribution in [0.1, 0.15) is 23.2 Å². The van der Waals surface area contributed by atoms with Crippen LogP contribution in [0.5, 0.6) is 0 Å². The van der Waals surface area contributed by atoms with Crippen LogP contribution in [0.15, 0.2) is 29.8 Å². The number of hydrogen-bond acceptors (Lipinski definition) is 3. The summed E-state index contributed by atoms with van der Waals surface area (Å²) in [6, 6.07) is 6.10. The van der Waals surface area contributed by atoms with Crippen molar-refractivity contribution >= 4 is 33.8 Å². The van der Waals surface area contributed by atoms with Crippen LogP contribution in [0.4, 0.5) is 0 Å². The maximum Gasteiger partial charge on any atom is 0.113 e. The van der Waals surface area contributed by atoms with Gasteiger partial charge in [0.1, 0.15) is 5.01 Å². The van der Waals surface area contributed by atoms with Gasteiger partial charge in [0.15, 0.2) is 0 Å². The molecule has 0 amide bonds. The second-order valence-electron chi connectivity index (χ2n) is 5.11. The van der Waals surface area contributed by atoms with Crippen molar-refractivity contribution in [1.29, 1.82) is 0 Å². The minimum absolute atomic E-state index is 0.771. The van der Waals surface area contributed by atoms with Crippen molar-refractivity contribution < 1.29 is 0 Å². The zero-order valence-electron chi connectivity index (χ0n) is 12.2. The molecule has 2 aromatic heterocycles. The van der Waals surface area contributed by atoms with Crippen molar-refractivity contribution in [1.82, 2.24) is 14.9 Å². The molecule has 0 aliphatic heterocycles. The maximum atomic E-state index is 6.17. The largest absolute Gasteiger partial charge is 0.340 e. The molecule has 1 aromatic carbocycles. The smallest absolute Gasteiger partial charge is 0.113 e. The first-order valence-corrected chi connectivity index (χ1v) is 8.32. The van der Waals surface area contributed by atoms with E-state index in [9.17, 15) is 0 Å². The molecular weight excluding hydrogens is 302 g/mol. The fourth-order valence-electron chi connectivity index (χ4n) is 2.49. The van der Waals surface area contributed by atoms with Gasteiger partial charge in [0.25, 0.3) is 0 Å². The van der Waals surface area contributed by atoms with E-state index in [1.807, 2.05) is 19.1 Å². The van der Waals surface area contributed by atoms with Crippen molar-refractivity contribution in [2.24, 2.45) is 0 Å². The van der Waals surface area contributed by atoms with E-state index in [0.29, 0.717) is 0 Å². The zero-order chi connectivity index (χ0) is 14.8. The summed E-state index contributed by atoms with van der Waals surface area (Å²) in [5.41, 5.74) is 3.55. The average Bonchev–Trinajstić information content (AvgIpc) is 3.01. The minimum atomic E-state index is 0.771. The molecule has 5 heteroatoms. The highest BCUT2D eigenvalue weighted by atomic mass is 35.5. The molecule has 0 aliphatic rings. The second kappa shape index (κ2) is 6.18. The Morgan fingerprint density at radius 1 is 1.38 bits per heavy atom. The average molecular weight is 320 g/mol. The third-order valence-electron chi connectivity index (χ3n) is 3.46. The van der Waals surface area contributed by atoms with E-state index in [0.717, 1.165) is 35.4 Å². The number of benzene rings is 1. The van der Waals surface area contributed by atoms with Gasteiger partial charge in [-0.05, 0) is 31.2 Å². The number of halogens is 1. The first-order valence-electron chi connectivity index (χ1n) is 7.06. The van der Waals surface area contributed by atoms with E-state index < -0.39 is 0 Å². The predicted octanol–water partition coefficient (Wildman–Crippen LogP) is 4.22. The quantitative estimate of drug-likeness (QED) is 0.763. The third kappa shape index (κ3) is 3.12. The van der Waals surface area contributed by atoms with Gasteiger partial charge in [0.2, 0.25) is 0 Å². The maximum absolute atomic E-state index is 6.17. The van der Waals surface area contributed by atoms with Crippen LogP contribution in [0.2, 0.25) is 5.02 Å². The first-order chi connectivity index (χ1) is 10.2. The van der Waals surface area contributed by atoms with Gasteiger partial charge in [-0.1, -0.05) is 24.6 Å². The summed E-state index contributed by atoms with van der Waals surface area (Å²) in [6.45, 7) is 6.78. The van der Waals surface area contributed by atoms with Gasteiger partial charge in [-0.15, -0.1) is 11.3 Å². The second-order valence-corrected chi connectivity index (χ2v) is 6.49. The molecule has 0 saturated heterocycles. The molecule has 110 valence electrons. The molecule has 0 radical (unpaired) electrons. The fraction of sp³-hybridized carbons (Fsp3) is 0.312. The number of hydrogen-bond donors (Lipinski definition) is 1. The molecular formula is C16H18ClN3S. The Morgan fingerprint density at radius 2 is 2.24 bits per heavy atom. The Labute approximate surface area is 133 Å². The van der Waals surface area contributed by atoms with Crippen molar-refractivity contribution in [3.05, 3.63) is 51.1 Å². The molecule has 1 N–H and O–H groups in total. The zero-order valence-corrected chi connectivity index (χ0v) is 13.8. The number of nitrogens with zero attached hydrogens (tertiary/aromatic N) is 2. The van der Waals surface area contributed by atoms with E-state index in [2.05, 4.69) is 39.4 Å². The van der Waals surface area contributed by atoms with Crippen molar-refractivity contribution in [2.45, 2.75) is 26.9 Å². The van der Waals surface area contributed by atoms with E-state index in [4.69, 9.17) is 11.6 Å². The lowest BCUT2D eigenvalue weighted by molar-refractivity contribution is 0.724. The molecule has 0 unspecified atom stereocenters. The van der Waals surface area contributed by atoms with Crippen LogP contribution < -0.4 is 5.32 Å². The normalized spacial score (nSPS) is 11.4. The van der Waals surface area contributed by atoms with E-state index >= 15 is 0 Å². The van der Waals surface area contributed by atoms with Crippen LogP contribution in [-0.2, 0) is 13.1 Å². The van der Waals surface area contributed by atoms with E-state index in [1.54, 1.807) is 11.3 Å². The number of rotatable bonds is 5. The molecule has 3 aromatic rings. The van der Waals surface area contributed by atoms with Crippen LogP contribution >= 0.6 is 22.9 Å². The Hall–Kier alpha value is -1.36. The van der Waals surface area contributed by atoms with Gasteiger partial charge in [-0.3, -0.25) is 0 Å². The highest BCUT2D eigenvalue weighted by molar-refractivity contribution is 7.09. The lowest BCUT2D eigenvalue weighted by Gasteiger charge is -2.02. The van der Waals surface area contributed by atoms with Crippen LogP contribution in [-0.4, -0.2) is 16.1 Å². The Bertz CT molecular complexity index is 760. The van der Waals surface area contributed by atoms with Gasteiger partial charge in [-0.2, -0.15) is 0 Å². The standard InChI is InChI=1S/C16H18ClN3S/c1-3-18-7-12-8-20(9-16-19-11(2)10-21-16)15-6-13(17)4-5-14(12)15/h4-6,8,10,18H,3,7,9H2,1-2H3. The molecule has 0 bridgehead atoms. The van der Waals surface area contributed by atoms with Gasteiger partial charge < -0.3 is 9.88 Å². The molecule has 0 fully saturated rings. The number of nitrogens with one attached hydrogen (secondary N) is 1. The highest BCUT2D eigenvalue weighted by Gasteiger charge is 2.10. The molecule has 3 nitrogen and oxygen atoms in total. The number of aromatic nitrogens is 2. The van der Waals surface area contributed by atoms with Crippen LogP contribution in [0.3, 0.4) is 0 Å². The number of thiazole rings is 1. The van der Waals surface area contributed by atoms with Gasteiger partial charge >= 0.3 is 0 Å². The van der Waals surface area contributed by atoms with Gasteiger partial charge in [-0.25, -0.2) is 4.98 Å². The van der Waals surface area contributed by atoms with E-state index in [-0.39, 0.29) is 0 Å². The Kier molecular flexibility index (Phi) is 4.29. The fourth-order valence-corrected chi connectivity index (χ4v) is 3.43. The van der Waals surface area contributed by atoms with Crippen LogP contribution in [0, 0.1) is 6.92 Å². The first kappa shape index (κ1) is 14.6. The molecule has 0 spiro atoms. The lowest BCUT2D eigenvalue weighted by atomic mass is 10.2. The molecule has 0 aliphatic carbocycles. The summed E-state index contributed by atoms with van der Waals surface area (Å²) in [4.78, 5) is 4.56. The van der Waals surface area contributed by atoms with E-state index in [1.165, 1.54) is 16.5 Å². The van der Waals surface area contributed by atoms with Crippen molar-refractivity contribution in [3.8, 4) is 0 Å².